The molecule has 4 aliphatic rings. The smallest absolute Gasteiger partial charge is 0.238 e. The highest BCUT2D eigenvalue weighted by Crippen LogP contribution is 2.52. The van der Waals surface area contributed by atoms with E-state index in [1.807, 2.05) is 6.07 Å². The van der Waals surface area contributed by atoms with Gasteiger partial charge in [-0.2, -0.15) is 0 Å². The predicted molar refractivity (Wildman–Crippen MR) is 87.2 cm³/mol. The maximum atomic E-state index is 12.8. The highest BCUT2D eigenvalue weighted by molar-refractivity contribution is 9.11. The Morgan fingerprint density at radius 1 is 0.909 bits per heavy atom. The van der Waals surface area contributed by atoms with E-state index in [1.54, 1.807) is 12.1 Å². The molecule has 6 heteroatoms. The molecule has 0 spiro atoms. The van der Waals surface area contributed by atoms with Gasteiger partial charge in [0.2, 0.25) is 11.8 Å². The van der Waals surface area contributed by atoms with Crippen molar-refractivity contribution in [1.82, 2.24) is 0 Å². The molecule has 1 aliphatic heterocycles. The number of halogens is 2. The Hall–Kier alpha value is -1.01. The molecule has 1 aromatic carbocycles. The summed E-state index contributed by atoms with van der Waals surface area (Å²) < 4.78 is 1.60. The Balaban J connectivity index is 1.78. The Labute approximate surface area is 144 Å². The summed E-state index contributed by atoms with van der Waals surface area (Å²) in [6.07, 6.45) is 2.09. The van der Waals surface area contributed by atoms with Gasteiger partial charge in [0.15, 0.2) is 0 Å². The van der Waals surface area contributed by atoms with Crippen LogP contribution in [-0.4, -0.2) is 17.6 Å². The number of rotatable bonds is 1. The van der Waals surface area contributed by atoms with Gasteiger partial charge in [-0.3, -0.25) is 14.4 Å². The third-order valence-electron chi connectivity index (χ3n) is 5.17. The maximum absolute atomic E-state index is 12.8. The summed E-state index contributed by atoms with van der Waals surface area (Å²) in [4.78, 5) is 39.1. The number of Topliss-reactive ketones (excluding diaryl/α,β-unsaturated/α-hetero) is 1. The van der Waals surface area contributed by atoms with Crippen LogP contribution in [0.4, 0.5) is 5.69 Å². The minimum absolute atomic E-state index is 0.0412. The second-order valence-corrected chi connectivity index (χ2v) is 8.14. The lowest BCUT2D eigenvalue weighted by molar-refractivity contribution is -0.143. The lowest BCUT2D eigenvalue weighted by Crippen LogP contribution is -2.46. The van der Waals surface area contributed by atoms with Crippen molar-refractivity contribution in [1.29, 1.82) is 0 Å². The SMILES string of the molecule is O=C1C[C@@H]2CC[C@H]1[C@@H]1C(=O)N(c3cc(Br)cc(Br)c3)C(=O)[C@H]21. The van der Waals surface area contributed by atoms with Crippen LogP contribution in [0, 0.1) is 23.7 Å². The number of fused-ring (bicyclic) bond motifs is 2. The van der Waals surface area contributed by atoms with Gasteiger partial charge in [0.1, 0.15) is 5.78 Å². The number of hydrogen-bond donors (Lipinski definition) is 0. The topological polar surface area (TPSA) is 54.5 Å². The lowest BCUT2D eigenvalue weighted by Gasteiger charge is -2.41. The van der Waals surface area contributed by atoms with Crippen molar-refractivity contribution >= 4 is 55.1 Å². The maximum Gasteiger partial charge on any atom is 0.238 e. The lowest BCUT2D eigenvalue weighted by atomic mass is 9.59. The van der Waals surface area contributed by atoms with Crippen molar-refractivity contribution in [2.45, 2.75) is 19.3 Å². The van der Waals surface area contributed by atoms with Crippen LogP contribution in [0.2, 0.25) is 0 Å². The van der Waals surface area contributed by atoms with Crippen LogP contribution in [-0.2, 0) is 14.4 Å². The van der Waals surface area contributed by atoms with Crippen LogP contribution in [0.1, 0.15) is 19.3 Å². The number of amides is 2. The molecule has 4 nitrogen and oxygen atoms in total. The van der Waals surface area contributed by atoms with Gasteiger partial charge in [-0.15, -0.1) is 0 Å². The Kier molecular flexibility index (Phi) is 3.31. The van der Waals surface area contributed by atoms with Crippen LogP contribution in [0.3, 0.4) is 0 Å². The normalized spacial score (nSPS) is 33.5. The predicted octanol–water partition coefficient (Wildman–Crippen LogP) is 3.32. The van der Waals surface area contributed by atoms with Crippen LogP contribution < -0.4 is 4.90 Å². The van der Waals surface area contributed by atoms with Crippen molar-refractivity contribution in [3.05, 3.63) is 27.1 Å². The van der Waals surface area contributed by atoms with E-state index in [0.717, 1.165) is 21.8 Å². The van der Waals surface area contributed by atoms with Gasteiger partial charge < -0.3 is 0 Å². The van der Waals surface area contributed by atoms with Crippen LogP contribution in [0.5, 0.6) is 0 Å². The Bertz CT molecular complexity index is 697. The first-order chi connectivity index (χ1) is 10.5. The number of carbonyl (C=O) groups excluding carboxylic acids is 3. The van der Waals surface area contributed by atoms with Gasteiger partial charge in [0.05, 0.1) is 17.5 Å². The summed E-state index contributed by atoms with van der Waals surface area (Å²) >= 11 is 6.78. The quantitative estimate of drug-likeness (QED) is 0.647. The van der Waals surface area contributed by atoms with Crippen molar-refractivity contribution in [2.24, 2.45) is 23.7 Å². The van der Waals surface area contributed by atoms with Crippen LogP contribution >= 0.6 is 31.9 Å². The number of imide groups is 1. The Morgan fingerprint density at radius 2 is 1.55 bits per heavy atom. The molecule has 1 aromatic rings. The molecule has 4 fully saturated rings. The van der Waals surface area contributed by atoms with E-state index in [-0.39, 0.29) is 35.4 Å². The molecule has 3 aliphatic carbocycles. The molecule has 1 saturated heterocycles. The van der Waals surface area contributed by atoms with E-state index >= 15 is 0 Å². The molecule has 0 N–H and O–H groups in total. The molecule has 3 saturated carbocycles. The first-order valence-corrected chi connectivity index (χ1v) is 8.92. The van der Waals surface area contributed by atoms with E-state index < -0.39 is 5.92 Å². The number of hydrogen-bond acceptors (Lipinski definition) is 3. The van der Waals surface area contributed by atoms with Crippen LogP contribution in [0.25, 0.3) is 0 Å². The molecule has 4 atom stereocenters. The minimum Gasteiger partial charge on any atom is -0.299 e. The average Bonchev–Trinajstić information content (AvgIpc) is 2.72. The van der Waals surface area contributed by atoms with Crippen molar-refractivity contribution in [3.8, 4) is 0 Å². The molecular weight excluding hydrogens is 414 g/mol. The van der Waals surface area contributed by atoms with Gasteiger partial charge in [0, 0.05) is 21.3 Å². The van der Waals surface area contributed by atoms with E-state index in [2.05, 4.69) is 31.9 Å². The molecule has 0 unspecified atom stereocenters. The highest BCUT2D eigenvalue weighted by atomic mass is 79.9. The summed E-state index contributed by atoms with van der Waals surface area (Å²) in [6.45, 7) is 0. The van der Waals surface area contributed by atoms with Crippen LogP contribution in [0.15, 0.2) is 27.1 Å². The summed E-state index contributed by atoms with van der Waals surface area (Å²) in [7, 11) is 0. The fourth-order valence-corrected chi connectivity index (χ4v) is 5.58. The standard InChI is InChI=1S/C16H13Br2NO3/c17-8-4-9(18)6-10(5-8)19-15(21)13-7-1-2-11(12(20)3-7)14(13)16(19)22/h4-7,11,13-14H,1-3H2/t7-,11+,13+,14-/m0/s1. The van der Waals surface area contributed by atoms with Crippen molar-refractivity contribution < 1.29 is 14.4 Å². The molecule has 2 amide bonds. The zero-order chi connectivity index (χ0) is 15.6. The van der Waals surface area contributed by atoms with Gasteiger partial charge in [-0.1, -0.05) is 31.9 Å². The first kappa shape index (κ1) is 14.6. The average molecular weight is 427 g/mol. The zero-order valence-corrected chi connectivity index (χ0v) is 14.8. The molecule has 0 radical (unpaired) electrons. The van der Waals surface area contributed by atoms with E-state index in [4.69, 9.17) is 0 Å². The number of anilines is 1. The number of nitrogens with zero attached hydrogens (tertiary/aromatic N) is 1. The third kappa shape index (κ3) is 1.96. The first-order valence-electron chi connectivity index (χ1n) is 7.34. The van der Waals surface area contributed by atoms with Crippen molar-refractivity contribution in [3.63, 3.8) is 0 Å². The van der Waals surface area contributed by atoms with E-state index in [9.17, 15) is 14.4 Å². The summed E-state index contributed by atoms with van der Waals surface area (Å²) in [5.74, 6) is -1.14. The van der Waals surface area contributed by atoms with E-state index in [0.29, 0.717) is 12.1 Å². The molecule has 22 heavy (non-hydrogen) atoms. The zero-order valence-electron chi connectivity index (χ0n) is 11.6. The summed E-state index contributed by atoms with van der Waals surface area (Å²) in [6, 6.07) is 5.39. The third-order valence-corrected chi connectivity index (χ3v) is 6.09. The molecular formula is C16H13Br2NO3. The number of benzene rings is 1. The fraction of sp³-hybridized carbons (Fsp3) is 0.438. The monoisotopic (exact) mass is 425 g/mol. The number of ketones is 1. The Morgan fingerprint density at radius 3 is 2.18 bits per heavy atom. The summed E-state index contributed by atoms with van der Waals surface area (Å²) in [5, 5.41) is 0. The molecule has 0 aromatic heterocycles. The number of carbonyl (C=O) groups is 3. The molecule has 114 valence electrons. The molecule has 2 bridgehead atoms. The second kappa shape index (κ2) is 4.99. The second-order valence-electron chi connectivity index (χ2n) is 6.31. The van der Waals surface area contributed by atoms with Gasteiger partial charge in [-0.25, -0.2) is 4.90 Å². The van der Waals surface area contributed by atoms with Gasteiger partial charge in [0.25, 0.3) is 0 Å². The van der Waals surface area contributed by atoms with E-state index in [1.165, 1.54) is 4.90 Å². The molecule has 1 heterocycles. The van der Waals surface area contributed by atoms with Gasteiger partial charge >= 0.3 is 0 Å². The van der Waals surface area contributed by atoms with Crippen molar-refractivity contribution in [2.75, 3.05) is 4.90 Å². The highest BCUT2D eigenvalue weighted by Gasteiger charge is 2.60. The largest absolute Gasteiger partial charge is 0.299 e. The fourth-order valence-electron chi connectivity index (χ4n) is 4.31. The summed E-state index contributed by atoms with van der Waals surface area (Å²) in [5.41, 5.74) is 0.567. The minimum atomic E-state index is -0.440. The molecule has 5 rings (SSSR count). The van der Waals surface area contributed by atoms with Gasteiger partial charge in [-0.05, 0) is 37.0 Å².